The first-order valence-corrected chi connectivity index (χ1v) is 15.5. The number of hydrogen-bond acceptors (Lipinski definition) is 3. The summed E-state index contributed by atoms with van der Waals surface area (Å²) in [5.41, 5.74) is 14.5. The molecule has 0 saturated heterocycles. The fraction of sp³-hybridized carbons (Fsp3) is 0. The molecule has 0 amide bonds. The van der Waals surface area contributed by atoms with Gasteiger partial charge in [-0.2, -0.15) is 0 Å². The van der Waals surface area contributed by atoms with Crippen LogP contribution in [0, 0.1) is 0 Å². The minimum atomic E-state index is 0.699. The highest BCUT2D eigenvalue weighted by molar-refractivity contribution is 6.18. The zero-order valence-electron chi connectivity index (χ0n) is 24.9. The van der Waals surface area contributed by atoms with E-state index in [-0.39, 0.29) is 0 Å². The highest BCUT2D eigenvalue weighted by Gasteiger charge is 2.23. The van der Waals surface area contributed by atoms with E-state index in [0.29, 0.717) is 5.82 Å². The Labute approximate surface area is 267 Å². The minimum absolute atomic E-state index is 0.699. The van der Waals surface area contributed by atoms with Crippen molar-refractivity contribution >= 4 is 10.8 Å². The molecule has 6 aromatic carbocycles. The topological polar surface area (TPSA) is 38.7 Å². The third-order valence-electron chi connectivity index (χ3n) is 8.95. The Hall–Kier alpha value is -6.19. The summed E-state index contributed by atoms with van der Waals surface area (Å²) in [5.74, 6) is 0.699. The maximum atomic E-state index is 5.24. The molecule has 1 aliphatic carbocycles. The third kappa shape index (κ3) is 4.41. The van der Waals surface area contributed by atoms with Gasteiger partial charge >= 0.3 is 0 Å². The van der Waals surface area contributed by atoms with Gasteiger partial charge in [0.25, 0.3) is 0 Å². The number of benzene rings is 6. The molecule has 46 heavy (non-hydrogen) atoms. The Kier molecular flexibility index (Phi) is 6.14. The predicted molar refractivity (Wildman–Crippen MR) is 189 cm³/mol. The van der Waals surface area contributed by atoms with Crippen LogP contribution < -0.4 is 0 Å². The lowest BCUT2D eigenvalue weighted by molar-refractivity contribution is 1.18. The van der Waals surface area contributed by atoms with Crippen molar-refractivity contribution in [3.8, 4) is 78.4 Å². The van der Waals surface area contributed by atoms with E-state index < -0.39 is 0 Å². The van der Waals surface area contributed by atoms with Gasteiger partial charge in [0.15, 0.2) is 5.82 Å². The van der Waals surface area contributed by atoms with Crippen molar-refractivity contribution in [2.45, 2.75) is 0 Å². The summed E-state index contributed by atoms with van der Waals surface area (Å²) in [6, 6.07) is 53.5. The lowest BCUT2D eigenvalue weighted by Crippen LogP contribution is -1.97. The summed E-state index contributed by atoms with van der Waals surface area (Å²) in [6.07, 6.45) is 3.70. The van der Waals surface area contributed by atoms with Gasteiger partial charge in [0, 0.05) is 34.6 Å². The van der Waals surface area contributed by atoms with Crippen LogP contribution in [-0.2, 0) is 0 Å². The summed E-state index contributed by atoms with van der Waals surface area (Å²) in [6.45, 7) is 0. The molecular formula is C43H27N3. The third-order valence-corrected chi connectivity index (χ3v) is 8.95. The zero-order valence-corrected chi connectivity index (χ0v) is 24.9. The first-order valence-electron chi connectivity index (χ1n) is 15.5. The SMILES string of the molecule is c1ccc(-c2ccc(-c3nc(-c4cccc(-c5cccnc5)c4)cc(-c4ccc5c6c(cccc46)-c4ccccc4-5)n3)cc2)cc1. The first-order chi connectivity index (χ1) is 22.8. The standard InChI is InChI=1S/C43H27N3/c1-2-9-28(10-3-1)29-18-20-30(21-19-29)43-45-40(32-12-6-11-31(25-32)33-13-8-24-44-27-33)26-41(46-43)36-22-23-39-35-15-5-4-14-34(35)37-16-7-17-38(36)42(37)39/h1-27H. The van der Waals surface area contributed by atoms with Crippen LogP contribution in [0.4, 0.5) is 0 Å². The fourth-order valence-electron chi connectivity index (χ4n) is 6.73. The van der Waals surface area contributed by atoms with Crippen LogP contribution >= 0.6 is 0 Å². The molecule has 214 valence electrons. The van der Waals surface area contributed by atoms with Crippen molar-refractivity contribution in [2.24, 2.45) is 0 Å². The molecule has 2 heterocycles. The van der Waals surface area contributed by atoms with E-state index in [1.165, 1.54) is 38.6 Å². The molecule has 3 heteroatoms. The number of rotatable bonds is 5. The fourth-order valence-corrected chi connectivity index (χ4v) is 6.73. The monoisotopic (exact) mass is 585 g/mol. The number of hydrogen-bond donors (Lipinski definition) is 0. The number of aromatic nitrogens is 3. The lowest BCUT2D eigenvalue weighted by atomic mass is 9.95. The van der Waals surface area contributed by atoms with Gasteiger partial charge in [-0.25, -0.2) is 9.97 Å². The molecule has 0 spiro atoms. The summed E-state index contributed by atoms with van der Waals surface area (Å²) in [5, 5.41) is 2.49. The summed E-state index contributed by atoms with van der Waals surface area (Å²) in [7, 11) is 0. The number of nitrogens with zero attached hydrogens (tertiary/aromatic N) is 3. The Morgan fingerprint density at radius 2 is 0.957 bits per heavy atom. The second kappa shape index (κ2) is 10.8. The molecule has 0 bridgehead atoms. The smallest absolute Gasteiger partial charge is 0.160 e. The maximum absolute atomic E-state index is 5.24. The summed E-state index contributed by atoms with van der Waals surface area (Å²) in [4.78, 5) is 14.7. The van der Waals surface area contributed by atoms with Crippen LogP contribution in [0.2, 0.25) is 0 Å². The van der Waals surface area contributed by atoms with Gasteiger partial charge in [0.05, 0.1) is 11.4 Å². The summed E-state index contributed by atoms with van der Waals surface area (Å²) >= 11 is 0. The van der Waals surface area contributed by atoms with Crippen molar-refractivity contribution in [3.63, 3.8) is 0 Å². The maximum Gasteiger partial charge on any atom is 0.160 e. The molecular weight excluding hydrogens is 558 g/mol. The highest BCUT2D eigenvalue weighted by atomic mass is 14.9. The Morgan fingerprint density at radius 3 is 1.76 bits per heavy atom. The van der Waals surface area contributed by atoms with Gasteiger partial charge in [0.2, 0.25) is 0 Å². The average molecular weight is 586 g/mol. The van der Waals surface area contributed by atoms with Crippen molar-refractivity contribution in [1.29, 1.82) is 0 Å². The first kappa shape index (κ1) is 26.2. The van der Waals surface area contributed by atoms with Gasteiger partial charge < -0.3 is 0 Å². The van der Waals surface area contributed by atoms with Crippen molar-refractivity contribution in [2.75, 3.05) is 0 Å². The van der Waals surface area contributed by atoms with Crippen molar-refractivity contribution < 1.29 is 0 Å². The molecule has 0 N–H and O–H groups in total. The molecule has 9 rings (SSSR count). The van der Waals surface area contributed by atoms with Crippen molar-refractivity contribution in [1.82, 2.24) is 15.0 Å². The average Bonchev–Trinajstić information content (AvgIpc) is 3.47. The predicted octanol–water partition coefficient (Wildman–Crippen LogP) is 11.0. The molecule has 2 aromatic heterocycles. The van der Waals surface area contributed by atoms with Crippen LogP contribution in [0.15, 0.2) is 164 Å². The van der Waals surface area contributed by atoms with Crippen LogP contribution in [0.1, 0.15) is 0 Å². The Morgan fingerprint density at radius 1 is 0.348 bits per heavy atom. The second-order valence-electron chi connectivity index (χ2n) is 11.7. The molecule has 0 aliphatic heterocycles. The molecule has 8 aromatic rings. The van der Waals surface area contributed by atoms with E-state index in [4.69, 9.17) is 9.97 Å². The van der Waals surface area contributed by atoms with Gasteiger partial charge in [-0.15, -0.1) is 0 Å². The summed E-state index contributed by atoms with van der Waals surface area (Å²) < 4.78 is 0. The van der Waals surface area contributed by atoms with Crippen LogP contribution in [-0.4, -0.2) is 15.0 Å². The second-order valence-corrected chi connectivity index (χ2v) is 11.7. The van der Waals surface area contributed by atoms with Gasteiger partial charge in [-0.05, 0) is 67.9 Å². The Balaban J connectivity index is 1.23. The van der Waals surface area contributed by atoms with Crippen LogP contribution in [0.3, 0.4) is 0 Å². The molecule has 3 nitrogen and oxygen atoms in total. The molecule has 0 unspecified atom stereocenters. The zero-order chi connectivity index (χ0) is 30.5. The molecule has 0 saturated carbocycles. The van der Waals surface area contributed by atoms with E-state index in [9.17, 15) is 0 Å². The van der Waals surface area contributed by atoms with Crippen LogP contribution in [0.5, 0.6) is 0 Å². The Bertz CT molecular complexity index is 2370. The quantitative estimate of drug-likeness (QED) is 0.202. The van der Waals surface area contributed by atoms with Crippen LogP contribution in [0.25, 0.3) is 89.2 Å². The largest absolute Gasteiger partial charge is 0.264 e. The highest BCUT2D eigenvalue weighted by Crippen LogP contribution is 2.49. The van der Waals surface area contributed by atoms with E-state index in [0.717, 1.165) is 44.8 Å². The molecule has 0 atom stereocenters. The minimum Gasteiger partial charge on any atom is -0.264 e. The number of pyridine rings is 1. The molecule has 0 radical (unpaired) electrons. The van der Waals surface area contributed by atoms with E-state index in [2.05, 4.69) is 145 Å². The number of fused-ring (bicyclic) bond motifs is 3. The van der Waals surface area contributed by atoms with Gasteiger partial charge in [-0.3, -0.25) is 4.98 Å². The van der Waals surface area contributed by atoms with Crippen molar-refractivity contribution in [3.05, 3.63) is 164 Å². The van der Waals surface area contributed by atoms with E-state index >= 15 is 0 Å². The normalized spacial score (nSPS) is 11.5. The molecule has 0 fully saturated rings. The van der Waals surface area contributed by atoms with Gasteiger partial charge in [0.1, 0.15) is 0 Å². The van der Waals surface area contributed by atoms with E-state index in [1.54, 1.807) is 6.20 Å². The van der Waals surface area contributed by atoms with E-state index in [1.807, 2.05) is 18.3 Å². The molecule has 1 aliphatic rings. The lowest BCUT2D eigenvalue weighted by Gasteiger charge is -2.13. The van der Waals surface area contributed by atoms with Gasteiger partial charge in [-0.1, -0.05) is 133 Å².